The average Bonchev–Trinajstić information content (AvgIpc) is 3.08. The third-order valence-corrected chi connectivity index (χ3v) is 6.17. The van der Waals surface area contributed by atoms with E-state index in [-0.39, 0.29) is 17.6 Å². The minimum Gasteiger partial charge on any atom is -0.508 e. The van der Waals surface area contributed by atoms with Gasteiger partial charge in [-0.1, -0.05) is 57.2 Å². The van der Waals surface area contributed by atoms with Gasteiger partial charge in [-0.25, -0.2) is 5.48 Å². The number of carbonyl (C=O) groups is 2. The van der Waals surface area contributed by atoms with Crippen molar-refractivity contribution < 1.29 is 25.0 Å². The predicted octanol–water partition coefficient (Wildman–Crippen LogP) is 2.14. The summed E-state index contributed by atoms with van der Waals surface area (Å²) in [6, 6.07) is 11.0. The van der Waals surface area contributed by atoms with Gasteiger partial charge in [0, 0.05) is 13.0 Å². The van der Waals surface area contributed by atoms with Gasteiger partial charge < -0.3 is 20.8 Å². The normalized spacial score (nSPS) is 19.2. The van der Waals surface area contributed by atoms with E-state index in [1.165, 1.54) is 0 Å². The predicted molar refractivity (Wildman–Crippen MR) is 128 cm³/mol. The summed E-state index contributed by atoms with van der Waals surface area (Å²) in [7, 11) is 0. The first-order chi connectivity index (χ1) is 16.0. The van der Waals surface area contributed by atoms with Crippen molar-refractivity contribution in [3.8, 4) is 5.75 Å². The van der Waals surface area contributed by atoms with Crippen LogP contribution in [0.3, 0.4) is 0 Å². The van der Waals surface area contributed by atoms with E-state index in [1.807, 2.05) is 58.0 Å². The fourth-order valence-electron chi connectivity index (χ4n) is 4.35. The van der Waals surface area contributed by atoms with E-state index >= 15 is 0 Å². The van der Waals surface area contributed by atoms with Crippen LogP contribution in [0.25, 0.3) is 0 Å². The molecular formula is C26H35N3O5. The van der Waals surface area contributed by atoms with Crippen molar-refractivity contribution >= 4 is 11.8 Å². The molecule has 0 spiro atoms. The summed E-state index contributed by atoms with van der Waals surface area (Å²) >= 11 is 0. The highest BCUT2D eigenvalue weighted by molar-refractivity contribution is 5.90. The lowest BCUT2D eigenvalue weighted by atomic mass is 9.88. The van der Waals surface area contributed by atoms with Gasteiger partial charge in [0.15, 0.2) is 0 Å². The standard InChI is InChI=1S/C26H35N3O5/c1-15-9-10-17(20(30)11-15)12-19(24(32)29-34)23(27-14-26(2,3)4)25(33)28-22-18-8-6-5-7-16(18)13-21(22)31/h5-11,19,21-23,27,30-31,34H,12-14H2,1-4H3,(H,28,33)(H,29,32)/t19-,21+,22-,23+/m0/s1. The van der Waals surface area contributed by atoms with E-state index in [0.29, 0.717) is 18.5 Å². The van der Waals surface area contributed by atoms with Crippen LogP contribution >= 0.6 is 0 Å². The van der Waals surface area contributed by atoms with Gasteiger partial charge in [-0.2, -0.15) is 0 Å². The molecule has 0 bridgehead atoms. The summed E-state index contributed by atoms with van der Waals surface area (Å²) in [5.41, 5.74) is 4.64. The molecule has 0 saturated heterocycles. The molecular weight excluding hydrogens is 434 g/mol. The Hall–Kier alpha value is -2.94. The molecule has 0 aromatic heterocycles. The van der Waals surface area contributed by atoms with Gasteiger partial charge >= 0.3 is 0 Å². The molecule has 0 fully saturated rings. The van der Waals surface area contributed by atoms with Crippen molar-refractivity contribution in [1.29, 1.82) is 0 Å². The average molecular weight is 470 g/mol. The topological polar surface area (TPSA) is 131 Å². The van der Waals surface area contributed by atoms with Crippen LogP contribution in [0.4, 0.5) is 0 Å². The Balaban J connectivity index is 1.91. The SMILES string of the molecule is Cc1ccc(C[C@H](C(=O)NO)[C@@H](NCC(C)(C)C)C(=O)N[C@H]2c3ccccc3C[C@H]2O)c(O)c1. The number of aryl methyl sites for hydroxylation is 1. The van der Waals surface area contributed by atoms with Crippen LogP contribution in [-0.2, 0) is 22.4 Å². The van der Waals surface area contributed by atoms with E-state index in [4.69, 9.17) is 0 Å². The first kappa shape index (κ1) is 25.7. The number of benzene rings is 2. The molecule has 0 unspecified atom stereocenters. The smallest absolute Gasteiger partial charge is 0.248 e. The maximum absolute atomic E-state index is 13.6. The zero-order valence-corrected chi connectivity index (χ0v) is 20.1. The minimum atomic E-state index is -1.02. The minimum absolute atomic E-state index is 0.0193. The fourth-order valence-corrected chi connectivity index (χ4v) is 4.35. The number of aliphatic hydroxyl groups is 1. The molecule has 2 aromatic carbocycles. The second kappa shape index (κ2) is 10.5. The summed E-state index contributed by atoms with van der Waals surface area (Å²) in [6.45, 7) is 8.26. The van der Waals surface area contributed by atoms with Crippen LogP contribution in [-0.4, -0.2) is 45.9 Å². The summed E-state index contributed by atoms with van der Waals surface area (Å²) in [5, 5.41) is 36.6. The lowest BCUT2D eigenvalue weighted by Crippen LogP contribution is -2.56. The molecule has 1 aliphatic carbocycles. The molecule has 0 radical (unpaired) electrons. The summed E-state index contributed by atoms with van der Waals surface area (Å²) in [4.78, 5) is 26.3. The van der Waals surface area contributed by atoms with E-state index in [0.717, 1.165) is 16.7 Å². The largest absolute Gasteiger partial charge is 0.508 e. The Labute approximate surface area is 200 Å². The van der Waals surface area contributed by atoms with Gasteiger partial charge in [-0.3, -0.25) is 14.8 Å². The number of hydrogen-bond acceptors (Lipinski definition) is 6. The number of rotatable bonds is 8. The molecule has 184 valence electrons. The molecule has 1 aliphatic rings. The molecule has 0 aliphatic heterocycles. The third-order valence-electron chi connectivity index (χ3n) is 6.17. The quantitative estimate of drug-likeness (QED) is 0.259. The number of hydroxylamine groups is 1. The number of phenols is 1. The van der Waals surface area contributed by atoms with Gasteiger partial charge in [0.25, 0.3) is 0 Å². The van der Waals surface area contributed by atoms with Gasteiger partial charge in [0.1, 0.15) is 5.75 Å². The first-order valence-electron chi connectivity index (χ1n) is 11.5. The number of aliphatic hydroxyl groups excluding tert-OH is 1. The number of amides is 2. The fraction of sp³-hybridized carbons (Fsp3) is 0.462. The van der Waals surface area contributed by atoms with Crippen LogP contribution < -0.4 is 16.1 Å². The van der Waals surface area contributed by atoms with Crippen molar-refractivity contribution in [2.24, 2.45) is 11.3 Å². The molecule has 2 amide bonds. The molecule has 0 heterocycles. The lowest BCUT2D eigenvalue weighted by Gasteiger charge is -2.31. The van der Waals surface area contributed by atoms with Gasteiger partial charge in [0.05, 0.1) is 24.1 Å². The molecule has 6 N–H and O–H groups in total. The monoisotopic (exact) mass is 469 g/mol. The number of nitrogens with one attached hydrogen (secondary N) is 3. The maximum atomic E-state index is 13.6. The Morgan fingerprint density at radius 3 is 2.47 bits per heavy atom. The second-order valence-corrected chi connectivity index (χ2v) is 10.3. The van der Waals surface area contributed by atoms with Gasteiger partial charge in [0.2, 0.25) is 11.8 Å². The van der Waals surface area contributed by atoms with E-state index in [2.05, 4.69) is 10.6 Å². The van der Waals surface area contributed by atoms with Crippen LogP contribution in [0.15, 0.2) is 42.5 Å². The highest BCUT2D eigenvalue weighted by Gasteiger charge is 2.39. The maximum Gasteiger partial charge on any atom is 0.248 e. The number of carbonyl (C=O) groups excluding carboxylic acids is 2. The van der Waals surface area contributed by atoms with E-state index in [1.54, 1.807) is 17.6 Å². The third kappa shape index (κ3) is 6.14. The Morgan fingerprint density at radius 2 is 1.82 bits per heavy atom. The second-order valence-electron chi connectivity index (χ2n) is 10.3. The molecule has 3 rings (SSSR count). The van der Waals surface area contributed by atoms with Crippen molar-refractivity contribution in [3.63, 3.8) is 0 Å². The number of phenolic OH excluding ortho intramolecular Hbond substituents is 1. The molecule has 2 aromatic rings. The van der Waals surface area contributed by atoms with E-state index < -0.39 is 35.9 Å². The molecule has 0 saturated carbocycles. The summed E-state index contributed by atoms with van der Waals surface area (Å²) < 4.78 is 0. The van der Waals surface area contributed by atoms with E-state index in [9.17, 15) is 25.0 Å². The van der Waals surface area contributed by atoms with Crippen LogP contribution in [0.2, 0.25) is 0 Å². The van der Waals surface area contributed by atoms with Crippen LogP contribution in [0.1, 0.15) is 49.1 Å². The molecule has 8 nitrogen and oxygen atoms in total. The highest BCUT2D eigenvalue weighted by atomic mass is 16.5. The van der Waals surface area contributed by atoms with Crippen molar-refractivity contribution in [3.05, 3.63) is 64.7 Å². The summed E-state index contributed by atoms with van der Waals surface area (Å²) in [6.07, 6.45) is -0.327. The van der Waals surface area contributed by atoms with Crippen molar-refractivity contribution in [1.82, 2.24) is 16.1 Å². The van der Waals surface area contributed by atoms with Crippen LogP contribution in [0.5, 0.6) is 5.75 Å². The summed E-state index contributed by atoms with van der Waals surface area (Å²) in [5.74, 6) is -2.21. The van der Waals surface area contributed by atoms with Crippen molar-refractivity contribution in [2.45, 2.75) is 58.7 Å². The Bertz CT molecular complexity index is 1030. The zero-order valence-electron chi connectivity index (χ0n) is 20.1. The lowest BCUT2D eigenvalue weighted by molar-refractivity contribution is -0.139. The zero-order chi connectivity index (χ0) is 25.0. The molecule has 8 heteroatoms. The number of fused-ring (bicyclic) bond motifs is 1. The van der Waals surface area contributed by atoms with Gasteiger partial charge in [-0.05, 0) is 47.1 Å². The van der Waals surface area contributed by atoms with Crippen molar-refractivity contribution in [2.75, 3.05) is 6.54 Å². The first-order valence-corrected chi connectivity index (χ1v) is 11.5. The van der Waals surface area contributed by atoms with Gasteiger partial charge in [-0.15, -0.1) is 0 Å². The Kier molecular flexibility index (Phi) is 7.97. The van der Waals surface area contributed by atoms with Crippen LogP contribution in [0, 0.1) is 18.3 Å². The number of hydrogen-bond donors (Lipinski definition) is 6. The number of aromatic hydroxyl groups is 1. The highest BCUT2D eigenvalue weighted by Crippen LogP contribution is 2.32. The molecule has 34 heavy (non-hydrogen) atoms. The Morgan fingerprint density at radius 1 is 1.12 bits per heavy atom. The molecule has 4 atom stereocenters.